The van der Waals surface area contributed by atoms with Crippen molar-refractivity contribution < 1.29 is 22.4 Å². The molecule has 1 aromatic rings. The second kappa shape index (κ2) is 5.63. The zero-order valence-corrected chi connectivity index (χ0v) is 12.0. The molecule has 3 rings (SSSR count). The summed E-state index contributed by atoms with van der Waals surface area (Å²) < 4.78 is 53.9. The number of benzene rings is 1. The highest BCUT2D eigenvalue weighted by Crippen LogP contribution is 2.45. The maximum atomic E-state index is 13.7. The zero-order valence-electron chi connectivity index (χ0n) is 11.2. The van der Waals surface area contributed by atoms with E-state index in [2.05, 4.69) is 0 Å². The van der Waals surface area contributed by atoms with E-state index in [4.69, 9.17) is 0 Å². The molecular weight excluding hydrogens is 304 g/mol. The Morgan fingerprint density at radius 1 is 1.00 bits per heavy atom. The van der Waals surface area contributed by atoms with Crippen LogP contribution >= 0.6 is 11.8 Å². The molecule has 1 nitrogen and oxygen atoms in total. The quantitative estimate of drug-likeness (QED) is 0.454. The van der Waals surface area contributed by atoms with Crippen LogP contribution in [0.25, 0.3) is 0 Å². The van der Waals surface area contributed by atoms with E-state index >= 15 is 0 Å². The third-order valence-electron chi connectivity index (χ3n) is 4.26. The largest absolute Gasteiger partial charge is 0.294 e. The number of halogens is 4. The van der Waals surface area contributed by atoms with Crippen LogP contribution in [0.4, 0.5) is 17.6 Å². The average Bonchev–Trinajstić information content (AvgIpc) is 2.45. The summed E-state index contributed by atoms with van der Waals surface area (Å²) in [5.74, 6) is -7.57. The first-order valence-electron chi connectivity index (χ1n) is 7.00. The Morgan fingerprint density at radius 3 is 2.05 bits per heavy atom. The molecule has 0 N–H and O–H groups in total. The van der Waals surface area contributed by atoms with Crippen LogP contribution in [-0.4, -0.2) is 16.3 Å². The Kier molecular flexibility index (Phi) is 3.99. The predicted octanol–water partition coefficient (Wildman–Crippen LogP) is 4.49. The highest BCUT2D eigenvalue weighted by molar-refractivity contribution is 8.00. The summed E-state index contributed by atoms with van der Waals surface area (Å²) in [6, 6.07) is 0.132. The number of fused-ring (bicyclic) bond motifs is 2. The van der Waals surface area contributed by atoms with E-state index in [0.717, 1.165) is 19.3 Å². The van der Waals surface area contributed by atoms with Crippen LogP contribution in [0.3, 0.4) is 0 Å². The van der Waals surface area contributed by atoms with Gasteiger partial charge in [0, 0.05) is 22.5 Å². The first-order valence-corrected chi connectivity index (χ1v) is 7.94. The minimum atomic E-state index is -1.58. The molecule has 6 heteroatoms. The highest BCUT2D eigenvalue weighted by Gasteiger charge is 2.38. The van der Waals surface area contributed by atoms with Crippen LogP contribution in [-0.2, 0) is 0 Å². The van der Waals surface area contributed by atoms with Crippen LogP contribution in [0.15, 0.2) is 6.07 Å². The topological polar surface area (TPSA) is 17.1 Å². The Labute approximate surface area is 124 Å². The summed E-state index contributed by atoms with van der Waals surface area (Å²) in [6.07, 6.45) is 4.11. The number of thioether (sulfide) groups is 1. The lowest BCUT2D eigenvalue weighted by atomic mass is 9.84. The van der Waals surface area contributed by atoms with Gasteiger partial charge in [-0.1, -0.05) is 6.42 Å². The first kappa shape index (κ1) is 14.9. The fourth-order valence-corrected chi connectivity index (χ4v) is 5.10. The van der Waals surface area contributed by atoms with Crippen molar-refractivity contribution in [3.8, 4) is 0 Å². The number of carbonyl (C=O) groups is 1. The smallest absolute Gasteiger partial charge is 0.172 e. The van der Waals surface area contributed by atoms with Crippen molar-refractivity contribution in [1.29, 1.82) is 0 Å². The molecule has 2 saturated heterocycles. The van der Waals surface area contributed by atoms with Crippen molar-refractivity contribution in [1.82, 2.24) is 0 Å². The summed E-state index contributed by atoms with van der Waals surface area (Å²) in [4.78, 5) is 12.4. The van der Waals surface area contributed by atoms with Crippen LogP contribution in [0.2, 0.25) is 0 Å². The van der Waals surface area contributed by atoms with Gasteiger partial charge < -0.3 is 0 Å². The molecule has 0 amide bonds. The second-order valence-corrected chi connectivity index (χ2v) is 7.29. The number of rotatable bonds is 2. The van der Waals surface area contributed by atoms with Gasteiger partial charge in [-0.2, -0.15) is 11.8 Å². The molecule has 0 aromatic heterocycles. The number of hydrogen-bond acceptors (Lipinski definition) is 2. The van der Waals surface area contributed by atoms with Gasteiger partial charge in [-0.25, -0.2) is 17.6 Å². The van der Waals surface area contributed by atoms with Gasteiger partial charge in [0.1, 0.15) is 0 Å². The molecule has 0 aliphatic carbocycles. The molecule has 2 aliphatic heterocycles. The summed E-state index contributed by atoms with van der Waals surface area (Å²) >= 11 is 1.82. The Hall–Kier alpha value is -1.04. The molecule has 2 heterocycles. The second-order valence-electron chi connectivity index (χ2n) is 5.69. The van der Waals surface area contributed by atoms with Crippen molar-refractivity contribution in [2.45, 2.75) is 42.6 Å². The lowest BCUT2D eigenvalue weighted by Crippen LogP contribution is -2.33. The molecule has 21 heavy (non-hydrogen) atoms. The Balaban J connectivity index is 1.92. The van der Waals surface area contributed by atoms with E-state index in [9.17, 15) is 22.4 Å². The molecule has 0 saturated carbocycles. The number of ketones is 1. The summed E-state index contributed by atoms with van der Waals surface area (Å²) in [5, 5.41) is 0.604. The summed E-state index contributed by atoms with van der Waals surface area (Å²) in [6.45, 7) is 0. The van der Waals surface area contributed by atoms with Crippen LogP contribution < -0.4 is 0 Å². The van der Waals surface area contributed by atoms with Gasteiger partial charge in [0.05, 0.1) is 5.56 Å². The first-order chi connectivity index (χ1) is 9.97. The maximum Gasteiger partial charge on any atom is 0.172 e. The van der Waals surface area contributed by atoms with Crippen molar-refractivity contribution in [2.75, 3.05) is 0 Å². The fourth-order valence-electron chi connectivity index (χ4n) is 3.27. The summed E-state index contributed by atoms with van der Waals surface area (Å²) in [7, 11) is 0. The van der Waals surface area contributed by atoms with Crippen molar-refractivity contribution in [2.24, 2.45) is 5.92 Å². The molecule has 2 bridgehead atoms. The average molecular weight is 318 g/mol. The van der Waals surface area contributed by atoms with Gasteiger partial charge >= 0.3 is 0 Å². The third kappa shape index (κ3) is 2.70. The molecule has 0 radical (unpaired) electrons. The van der Waals surface area contributed by atoms with Crippen LogP contribution in [0.1, 0.15) is 42.5 Å². The SMILES string of the molecule is O=C(c1c(F)c(F)cc(F)c1F)C1CC2CCCC(C1)S2. The molecule has 114 valence electrons. The van der Waals surface area contributed by atoms with Crippen LogP contribution in [0, 0.1) is 29.2 Å². The molecule has 2 fully saturated rings. The molecule has 2 unspecified atom stereocenters. The maximum absolute atomic E-state index is 13.7. The summed E-state index contributed by atoms with van der Waals surface area (Å²) in [5.41, 5.74) is -1.05. The van der Waals surface area contributed by atoms with Crippen LogP contribution in [0.5, 0.6) is 0 Å². The zero-order chi connectivity index (χ0) is 15.1. The van der Waals surface area contributed by atoms with Crippen molar-refractivity contribution >= 4 is 17.5 Å². The number of Topliss-reactive ketones (excluding diaryl/α,β-unsaturated/α-hetero) is 1. The van der Waals surface area contributed by atoms with E-state index in [-0.39, 0.29) is 6.07 Å². The van der Waals surface area contributed by atoms with Gasteiger partial charge in [-0.3, -0.25) is 4.79 Å². The highest BCUT2D eigenvalue weighted by atomic mass is 32.2. The minimum Gasteiger partial charge on any atom is -0.294 e. The van der Waals surface area contributed by atoms with Crippen molar-refractivity contribution in [3.63, 3.8) is 0 Å². The number of carbonyl (C=O) groups excluding carboxylic acids is 1. The Bertz CT molecular complexity index is 551. The Morgan fingerprint density at radius 2 is 1.52 bits per heavy atom. The van der Waals surface area contributed by atoms with E-state index in [0.29, 0.717) is 23.3 Å². The predicted molar refractivity (Wildman–Crippen MR) is 72.3 cm³/mol. The van der Waals surface area contributed by atoms with Gasteiger partial charge in [0.25, 0.3) is 0 Å². The monoisotopic (exact) mass is 318 g/mol. The number of hydrogen-bond donors (Lipinski definition) is 0. The van der Waals surface area contributed by atoms with E-state index in [1.54, 1.807) is 0 Å². The minimum absolute atomic E-state index is 0.132. The molecule has 2 aliphatic rings. The molecule has 2 atom stereocenters. The van der Waals surface area contributed by atoms with Gasteiger partial charge in [0.2, 0.25) is 0 Å². The third-order valence-corrected chi connectivity index (χ3v) is 5.89. The fraction of sp³-hybridized carbons (Fsp3) is 0.533. The van der Waals surface area contributed by atoms with Gasteiger partial charge in [0.15, 0.2) is 29.1 Å². The van der Waals surface area contributed by atoms with Crippen molar-refractivity contribution in [3.05, 3.63) is 34.9 Å². The lowest BCUT2D eigenvalue weighted by Gasteiger charge is -2.38. The standard InChI is InChI=1S/C15H14F4OS/c16-10-6-11(17)14(19)12(13(10)18)15(20)7-4-8-2-1-3-9(5-7)21-8/h6-9H,1-5H2. The molecule has 0 spiro atoms. The lowest BCUT2D eigenvalue weighted by molar-refractivity contribution is 0.0885. The van der Waals surface area contributed by atoms with Gasteiger partial charge in [-0.15, -0.1) is 0 Å². The van der Waals surface area contributed by atoms with E-state index in [1.165, 1.54) is 0 Å². The van der Waals surface area contributed by atoms with E-state index < -0.39 is 40.5 Å². The van der Waals surface area contributed by atoms with Gasteiger partial charge in [-0.05, 0) is 25.7 Å². The molecular formula is C15H14F4OS. The normalized spacial score (nSPS) is 28.5. The van der Waals surface area contributed by atoms with E-state index in [1.807, 2.05) is 11.8 Å². The molecule has 1 aromatic carbocycles.